The maximum atomic E-state index is 12.6. The lowest BCUT2D eigenvalue weighted by atomic mass is 9.93. The summed E-state index contributed by atoms with van der Waals surface area (Å²) in [6.45, 7) is 5.99. The molecule has 1 heterocycles. The molecule has 0 saturated heterocycles. The van der Waals surface area contributed by atoms with Gasteiger partial charge >= 0.3 is 10.1 Å². The first-order valence-electron chi connectivity index (χ1n) is 8.03. The third kappa shape index (κ3) is 3.92. The summed E-state index contributed by atoms with van der Waals surface area (Å²) in [4.78, 5) is 0.0844. The van der Waals surface area contributed by atoms with Crippen LogP contribution in [0.5, 0.6) is 5.88 Å². The predicted molar refractivity (Wildman–Crippen MR) is 102 cm³/mol. The molecular weight excluding hydrogens is 372 g/mol. The lowest BCUT2D eigenvalue weighted by Gasteiger charge is -2.13. The molecule has 0 aliphatic heterocycles. The Kier molecular flexibility index (Phi) is 4.82. The van der Waals surface area contributed by atoms with Crippen molar-refractivity contribution in [3.63, 3.8) is 0 Å². The van der Waals surface area contributed by atoms with E-state index < -0.39 is 10.1 Å². The Morgan fingerprint density at radius 3 is 2.19 bits per heavy atom. The van der Waals surface area contributed by atoms with Gasteiger partial charge in [0.05, 0.1) is 11.4 Å². The van der Waals surface area contributed by atoms with Gasteiger partial charge in [0.2, 0.25) is 5.88 Å². The third-order valence-electron chi connectivity index (χ3n) is 3.74. The molecule has 5 nitrogen and oxygen atoms in total. The Balaban J connectivity index is 2.08. The van der Waals surface area contributed by atoms with Gasteiger partial charge < -0.3 is 4.18 Å². The fourth-order valence-corrected chi connectivity index (χ4v) is 3.36. The number of rotatable bonds is 4. The largest absolute Gasteiger partial charge is 0.358 e. The summed E-state index contributed by atoms with van der Waals surface area (Å²) < 4.78 is 32.1. The molecule has 0 spiro atoms. The van der Waals surface area contributed by atoms with Gasteiger partial charge in [0.15, 0.2) is 0 Å². The van der Waals surface area contributed by atoms with Crippen LogP contribution in [0, 0.1) is 0 Å². The first kappa shape index (κ1) is 18.5. The first-order valence-corrected chi connectivity index (χ1v) is 9.81. The van der Waals surface area contributed by atoms with Crippen molar-refractivity contribution in [2.24, 2.45) is 0 Å². The van der Waals surface area contributed by atoms with Crippen LogP contribution in [-0.4, -0.2) is 18.2 Å². The zero-order chi connectivity index (χ0) is 18.9. The maximum absolute atomic E-state index is 12.6. The summed E-state index contributed by atoms with van der Waals surface area (Å²) in [5, 5.41) is 5.12. The molecule has 26 heavy (non-hydrogen) atoms. The van der Waals surface area contributed by atoms with E-state index in [-0.39, 0.29) is 16.2 Å². The van der Waals surface area contributed by atoms with Crippen LogP contribution in [-0.2, 0) is 15.5 Å². The van der Waals surface area contributed by atoms with Crippen LogP contribution in [0.15, 0.2) is 65.6 Å². The van der Waals surface area contributed by atoms with E-state index in [0.717, 1.165) is 0 Å². The standard InChI is InChI=1S/C19H19ClN2O3S/c1-19(2,3)17-13-18(22(21-17)15-11-9-14(20)10-12-15)25-26(23,24)16-7-5-4-6-8-16/h4-13H,1-3H3. The van der Waals surface area contributed by atoms with Crippen LogP contribution < -0.4 is 4.18 Å². The number of nitrogens with zero attached hydrogens (tertiary/aromatic N) is 2. The van der Waals surface area contributed by atoms with Crippen molar-refractivity contribution in [1.82, 2.24) is 9.78 Å². The minimum Gasteiger partial charge on any atom is -0.358 e. The molecule has 0 aliphatic carbocycles. The van der Waals surface area contributed by atoms with Crippen molar-refractivity contribution in [2.45, 2.75) is 31.1 Å². The zero-order valence-corrected chi connectivity index (χ0v) is 16.3. The Hall–Kier alpha value is -2.31. The monoisotopic (exact) mass is 390 g/mol. The van der Waals surface area contributed by atoms with Gasteiger partial charge in [-0.05, 0) is 36.4 Å². The molecule has 0 N–H and O–H groups in total. The second-order valence-corrected chi connectivity index (χ2v) is 8.84. The Bertz CT molecular complexity index is 1010. The van der Waals surface area contributed by atoms with Crippen molar-refractivity contribution in [3.05, 3.63) is 71.4 Å². The van der Waals surface area contributed by atoms with Crippen molar-refractivity contribution >= 4 is 21.7 Å². The molecule has 3 aromatic rings. The fraction of sp³-hybridized carbons (Fsp3) is 0.211. The summed E-state index contributed by atoms with van der Waals surface area (Å²) in [6, 6.07) is 16.6. The van der Waals surface area contributed by atoms with E-state index in [1.54, 1.807) is 48.5 Å². The molecule has 0 atom stereocenters. The van der Waals surface area contributed by atoms with E-state index in [1.165, 1.54) is 16.8 Å². The van der Waals surface area contributed by atoms with E-state index in [0.29, 0.717) is 16.4 Å². The van der Waals surface area contributed by atoms with Crippen LogP contribution in [0.3, 0.4) is 0 Å². The van der Waals surface area contributed by atoms with E-state index in [1.807, 2.05) is 20.8 Å². The molecule has 0 saturated carbocycles. The summed E-state index contributed by atoms with van der Waals surface area (Å²) in [5.74, 6) is 0.126. The molecule has 136 valence electrons. The van der Waals surface area contributed by atoms with Gasteiger partial charge in [-0.3, -0.25) is 0 Å². The zero-order valence-electron chi connectivity index (χ0n) is 14.7. The van der Waals surface area contributed by atoms with Gasteiger partial charge in [-0.15, -0.1) is 0 Å². The van der Waals surface area contributed by atoms with Crippen molar-refractivity contribution in [2.75, 3.05) is 0 Å². The van der Waals surface area contributed by atoms with Crippen molar-refractivity contribution in [1.29, 1.82) is 0 Å². The van der Waals surface area contributed by atoms with E-state index >= 15 is 0 Å². The molecular formula is C19H19ClN2O3S. The summed E-state index contributed by atoms with van der Waals surface area (Å²) >= 11 is 5.95. The van der Waals surface area contributed by atoms with E-state index in [2.05, 4.69) is 5.10 Å². The van der Waals surface area contributed by atoms with Crippen LogP contribution >= 0.6 is 11.6 Å². The molecule has 0 amide bonds. The first-order chi connectivity index (χ1) is 12.2. The summed E-state index contributed by atoms with van der Waals surface area (Å²) in [7, 11) is -3.97. The maximum Gasteiger partial charge on any atom is 0.340 e. The molecule has 0 bridgehead atoms. The van der Waals surface area contributed by atoms with Crippen molar-refractivity contribution < 1.29 is 12.6 Å². The third-order valence-corrected chi connectivity index (χ3v) is 5.23. The highest BCUT2D eigenvalue weighted by Gasteiger charge is 2.25. The fourth-order valence-electron chi connectivity index (χ4n) is 2.30. The SMILES string of the molecule is CC(C)(C)c1cc(OS(=O)(=O)c2ccccc2)n(-c2ccc(Cl)cc2)n1. The van der Waals surface area contributed by atoms with Gasteiger partial charge in [0.25, 0.3) is 0 Å². The summed E-state index contributed by atoms with van der Waals surface area (Å²) in [6.07, 6.45) is 0. The van der Waals surface area contributed by atoms with Crippen LogP contribution in [0.2, 0.25) is 5.02 Å². The lowest BCUT2D eigenvalue weighted by Crippen LogP contribution is -2.13. The summed E-state index contributed by atoms with van der Waals surface area (Å²) in [5.41, 5.74) is 1.10. The molecule has 2 aromatic carbocycles. The van der Waals surface area contributed by atoms with Crippen LogP contribution in [0.4, 0.5) is 0 Å². The Morgan fingerprint density at radius 2 is 1.62 bits per heavy atom. The highest BCUT2D eigenvalue weighted by atomic mass is 35.5. The number of aromatic nitrogens is 2. The van der Waals surface area contributed by atoms with Gasteiger partial charge in [-0.25, -0.2) is 0 Å². The quantitative estimate of drug-likeness (QED) is 0.611. The molecule has 0 unspecified atom stereocenters. The van der Waals surface area contributed by atoms with Gasteiger partial charge in [-0.1, -0.05) is 50.6 Å². The second kappa shape index (κ2) is 6.78. The van der Waals surface area contributed by atoms with Gasteiger partial charge in [-0.2, -0.15) is 18.2 Å². The predicted octanol–water partition coefficient (Wildman–Crippen LogP) is 4.59. The minimum atomic E-state index is -3.97. The molecule has 7 heteroatoms. The second-order valence-electron chi connectivity index (χ2n) is 6.86. The smallest absolute Gasteiger partial charge is 0.340 e. The van der Waals surface area contributed by atoms with E-state index in [4.69, 9.17) is 15.8 Å². The molecule has 1 aromatic heterocycles. The highest BCUT2D eigenvalue weighted by Crippen LogP contribution is 2.29. The Labute approximate surface area is 158 Å². The topological polar surface area (TPSA) is 61.2 Å². The number of halogens is 1. The molecule has 0 aliphatic rings. The lowest BCUT2D eigenvalue weighted by molar-refractivity contribution is 0.464. The molecule has 0 fully saturated rings. The number of hydrogen-bond acceptors (Lipinski definition) is 4. The minimum absolute atomic E-state index is 0.0844. The number of hydrogen-bond donors (Lipinski definition) is 0. The van der Waals surface area contributed by atoms with Gasteiger partial charge in [0.1, 0.15) is 4.90 Å². The normalized spacial score (nSPS) is 12.2. The highest BCUT2D eigenvalue weighted by molar-refractivity contribution is 7.87. The van der Waals surface area contributed by atoms with E-state index in [9.17, 15) is 8.42 Å². The van der Waals surface area contributed by atoms with Crippen molar-refractivity contribution in [3.8, 4) is 11.6 Å². The average molecular weight is 391 g/mol. The van der Waals surface area contributed by atoms with Gasteiger partial charge in [0, 0.05) is 16.5 Å². The Morgan fingerprint density at radius 1 is 1.00 bits per heavy atom. The average Bonchev–Trinajstić information content (AvgIpc) is 3.00. The van der Waals surface area contributed by atoms with Crippen LogP contribution in [0.25, 0.3) is 5.69 Å². The van der Waals surface area contributed by atoms with Crippen LogP contribution in [0.1, 0.15) is 26.5 Å². The molecule has 0 radical (unpaired) electrons. The number of benzene rings is 2. The molecule has 3 rings (SSSR count).